The zero-order chi connectivity index (χ0) is 14.5. The van der Waals surface area contributed by atoms with Gasteiger partial charge in [0.1, 0.15) is 5.82 Å². The average molecular weight is 278 g/mol. The van der Waals surface area contributed by atoms with Gasteiger partial charge in [-0.25, -0.2) is 4.39 Å². The summed E-state index contributed by atoms with van der Waals surface area (Å²) in [5.41, 5.74) is 7.73. The van der Waals surface area contributed by atoms with Crippen LogP contribution in [0.15, 0.2) is 18.2 Å². The lowest BCUT2D eigenvalue weighted by molar-refractivity contribution is 0.459. The maximum absolute atomic E-state index is 14.1. The van der Waals surface area contributed by atoms with Gasteiger partial charge in [-0.2, -0.15) is 0 Å². The zero-order valence-electron chi connectivity index (χ0n) is 12.7. The summed E-state index contributed by atoms with van der Waals surface area (Å²) in [4.78, 5) is 2.36. The first-order valence-electron chi connectivity index (χ1n) is 7.89. The zero-order valence-corrected chi connectivity index (χ0v) is 12.7. The number of anilines is 1. The molecular weight excluding hydrogens is 251 g/mol. The van der Waals surface area contributed by atoms with Crippen molar-refractivity contribution in [3.63, 3.8) is 0 Å². The van der Waals surface area contributed by atoms with Crippen molar-refractivity contribution in [2.24, 2.45) is 11.7 Å². The molecule has 2 rings (SSSR count). The fourth-order valence-corrected chi connectivity index (χ4v) is 3.18. The van der Waals surface area contributed by atoms with Crippen molar-refractivity contribution in [3.8, 4) is 0 Å². The summed E-state index contributed by atoms with van der Waals surface area (Å²) in [6.45, 7) is 6.27. The molecule has 2 unspecified atom stereocenters. The SMILES string of the molecule is CCC1CCCN(c2cccc(F)c2CC(C)N)CC1. The summed E-state index contributed by atoms with van der Waals surface area (Å²) in [5.74, 6) is 0.710. The van der Waals surface area contributed by atoms with Gasteiger partial charge < -0.3 is 10.6 Å². The molecule has 0 aromatic heterocycles. The van der Waals surface area contributed by atoms with E-state index < -0.39 is 0 Å². The number of nitrogens with two attached hydrogens (primary N) is 1. The third kappa shape index (κ3) is 3.72. The number of benzene rings is 1. The lowest BCUT2D eigenvalue weighted by Gasteiger charge is -2.26. The minimum absolute atomic E-state index is 0.0129. The number of halogens is 1. The molecule has 1 fully saturated rings. The number of hydrogen-bond donors (Lipinski definition) is 1. The second-order valence-electron chi connectivity index (χ2n) is 6.11. The van der Waals surface area contributed by atoms with Crippen LogP contribution in [-0.4, -0.2) is 19.1 Å². The largest absolute Gasteiger partial charge is 0.371 e. The quantitative estimate of drug-likeness (QED) is 0.909. The molecule has 1 heterocycles. The van der Waals surface area contributed by atoms with Gasteiger partial charge in [-0.15, -0.1) is 0 Å². The van der Waals surface area contributed by atoms with E-state index in [1.165, 1.54) is 25.7 Å². The highest BCUT2D eigenvalue weighted by Crippen LogP contribution is 2.29. The van der Waals surface area contributed by atoms with Crippen molar-refractivity contribution in [3.05, 3.63) is 29.6 Å². The van der Waals surface area contributed by atoms with E-state index in [9.17, 15) is 4.39 Å². The molecular formula is C17H27FN2. The Balaban J connectivity index is 2.21. The van der Waals surface area contributed by atoms with E-state index in [0.29, 0.717) is 6.42 Å². The van der Waals surface area contributed by atoms with E-state index in [-0.39, 0.29) is 11.9 Å². The van der Waals surface area contributed by atoms with Gasteiger partial charge in [-0.3, -0.25) is 0 Å². The molecule has 2 atom stereocenters. The molecule has 3 heteroatoms. The Morgan fingerprint density at radius 2 is 2.15 bits per heavy atom. The molecule has 0 spiro atoms. The first-order chi connectivity index (χ1) is 9.61. The monoisotopic (exact) mass is 278 g/mol. The van der Waals surface area contributed by atoms with Crippen molar-refractivity contribution >= 4 is 5.69 Å². The molecule has 20 heavy (non-hydrogen) atoms. The summed E-state index contributed by atoms with van der Waals surface area (Å²) < 4.78 is 14.1. The summed E-state index contributed by atoms with van der Waals surface area (Å²) in [5, 5.41) is 0. The Kier molecular flexibility index (Phi) is 5.41. The Morgan fingerprint density at radius 1 is 1.35 bits per heavy atom. The molecule has 112 valence electrons. The smallest absolute Gasteiger partial charge is 0.128 e. The van der Waals surface area contributed by atoms with Gasteiger partial charge in [0.2, 0.25) is 0 Å². The van der Waals surface area contributed by atoms with Gasteiger partial charge in [-0.05, 0) is 50.7 Å². The van der Waals surface area contributed by atoms with Crippen LogP contribution in [0.5, 0.6) is 0 Å². The molecule has 0 aliphatic carbocycles. The van der Waals surface area contributed by atoms with Crippen molar-refractivity contribution in [1.82, 2.24) is 0 Å². The van der Waals surface area contributed by atoms with Crippen LogP contribution in [0.1, 0.15) is 45.1 Å². The Labute approximate surface area is 122 Å². The van der Waals surface area contributed by atoms with E-state index in [0.717, 1.165) is 30.3 Å². The third-order valence-corrected chi connectivity index (χ3v) is 4.39. The van der Waals surface area contributed by atoms with Gasteiger partial charge in [-0.1, -0.05) is 19.4 Å². The molecule has 2 nitrogen and oxygen atoms in total. The highest BCUT2D eigenvalue weighted by atomic mass is 19.1. The fraction of sp³-hybridized carbons (Fsp3) is 0.647. The van der Waals surface area contributed by atoms with Crippen LogP contribution < -0.4 is 10.6 Å². The molecule has 0 amide bonds. The standard InChI is InChI=1S/C17H27FN2/c1-3-14-6-5-10-20(11-9-14)17-8-4-7-16(18)15(17)12-13(2)19/h4,7-8,13-14H,3,5-6,9-12,19H2,1-2H3. The normalized spacial score (nSPS) is 21.6. The van der Waals surface area contributed by atoms with E-state index in [2.05, 4.69) is 11.8 Å². The first-order valence-corrected chi connectivity index (χ1v) is 7.89. The van der Waals surface area contributed by atoms with Crippen LogP contribution in [0.4, 0.5) is 10.1 Å². The second-order valence-corrected chi connectivity index (χ2v) is 6.11. The Morgan fingerprint density at radius 3 is 2.85 bits per heavy atom. The number of nitrogens with zero attached hydrogens (tertiary/aromatic N) is 1. The van der Waals surface area contributed by atoms with Gasteiger partial charge in [0.05, 0.1) is 0 Å². The van der Waals surface area contributed by atoms with E-state index >= 15 is 0 Å². The Bertz CT molecular complexity index is 431. The van der Waals surface area contributed by atoms with Gasteiger partial charge in [0, 0.05) is 30.4 Å². The van der Waals surface area contributed by atoms with Crippen molar-refractivity contribution < 1.29 is 4.39 Å². The topological polar surface area (TPSA) is 29.3 Å². The van der Waals surface area contributed by atoms with Crippen LogP contribution in [0, 0.1) is 11.7 Å². The molecule has 1 aromatic carbocycles. The molecule has 1 aliphatic heterocycles. The third-order valence-electron chi connectivity index (χ3n) is 4.39. The molecule has 1 saturated heterocycles. The van der Waals surface area contributed by atoms with Gasteiger partial charge in [0.15, 0.2) is 0 Å². The highest BCUT2D eigenvalue weighted by Gasteiger charge is 2.20. The fourth-order valence-electron chi connectivity index (χ4n) is 3.18. The molecule has 2 N–H and O–H groups in total. The predicted octanol–water partition coefficient (Wildman–Crippen LogP) is 3.73. The van der Waals surface area contributed by atoms with Crippen LogP contribution >= 0.6 is 0 Å². The van der Waals surface area contributed by atoms with Gasteiger partial charge >= 0.3 is 0 Å². The molecule has 1 aromatic rings. The number of rotatable bonds is 4. The second kappa shape index (κ2) is 7.07. The number of hydrogen-bond acceptors (Lipinski definition) is 2. The van der Waals surface area contributed by atoms with E-state index in [4.69, 9.17) is 5.73 Å². The van der Waals surface area contributed by atoms with Crippen LogP contribution in [0.2, 0.25) is 0 Å². The van der Waals surface area contributed by atoms with Gasteiger partial charge in [0.25, 0.3) is 0 Å². The lowest BCUT2D eigenvalue weighted by Crippen LogP contribution is -2.27. The molecule has 0 radical (unpaired) electrons. The maximum Gasteiger partial charge on any atom is 0.128 e. The summed E-state index contributed by atoms with van der Waals surface area (Å²) in [7, 11) is 0. The minimum Gasteiger partial charge on any atom is -0.371 e. The first kappa shape index (κ1) is 15.3. The molecule has 0 saturated carbocycles. The van der Waals surface area contributed by atoms with Crippen LogP contribution in [0.3, 0.4) is 0 Å². The van der Waals surface area contributed by atoms with Crippen molar-refractivity contribution in [2.45, 2.75) is 52.0 Å². The molecule has 0 bridgehead atoms. The van der Waals surface area contributed by atoms with Crippen LogP contribution in [0.25, 0.3) is 0 Å². The van der Waals surface area contributed by atoms with E-state index in [1.54, 1.807) is 6.07 Å². The highest BCUT2D eigenvalue weighted by molar-refractivity contribution is 5.54. The summed E-state index contributed by atoms with van der Waals surface area (Å²) in [6.07, 6.45) is 5.57. The minimum atomic E-state index is -0.115. The van der Waals surface area contributed by atoms with E-state index in [1.807, 2.05) is 19.1 Å². The summed E-state index contributed by atoms with van der Waals surface area (Å²) >= 11 is 0. The maximum atomic E-state index is 14.1. The lowest BCUT2D eigenvalue weighted by atomic mass is 9.98. The Hall–Kier alpha value is -1.09. The molecule has 1 aliphatic rings. The van der Waals surface area contributed by atoms with Crippen molar-refractivity contribution in [1.29, 1.82) is 0 Å². The predicted molar refractivity (Wildman–Crippen MR) is 83.6 cm³/mol. The average Bonchev–Trinajstić information content (AvgIpc) is 2.66. The van der Waals surface area contributed by atoms with Crippen LogP contribution in [-0.2, 0) is 6.42 Å². The summed E-state index contributed by atoms with van der Waals surface area (Å²) in [6, 6.07) is 5.40. The van der Waals surface area contributed by atoms with Crippen molar-refractivity contribution in [2.75, 3.05) is 18.0 Å².